The summed E-state index contributed by atoms with van der Waals surface area (Å²) in [6.07, 6.45) is 0.924. The van der Waals surface area contributed by atoms with Crippen molar-refractivity contribution in [2.45, 2.75) is 178 Å². The third kappa shape index (κ3) is 14.9. The van der Waals surface area contributed by atoms with E-state index in [1.807, 2.05) is 83.1 Å². The number of methoxy groups -OCH3 is 2. The molecule has 4 N–H and O–H groups in total. The van der Waals surface area contributed by atoms with Crippen LogP contribution in [0.2, 0.25) is 0 Å². The fourth-order valence-electron chi connectivity index (χ4n) is 10.9. The van der Waals surface area contributed by atoms with Gasteiger partial charge in [-0.25, -0.2) is 37.4 Å². The first-order valence-electron chi connectivity index (χ1n) is 27.0. The zero-order valence-corrected chi connectivity index (χ0v) is 51.8. The highest BCUT2D eigenvalue weighted by Gasteiger charge is 2.71. The number of nitrogens with zero attached hydrogens (tertiary/aromatic N) is 5. The molecule has 3 heterocycles. The Morgan fingerprint density at radius 1 is 0.628 bits per heavy atom. The maximum atomic E-state index is 13.9. The average Bonchev–Trinajstić information content (AvgIpc) is 3.74. The van der Waals surface area contributed by atoms with Gasteiger partial charge in [0.15, 0.2) is 5.03 Å². The second-order valence-electron chi connectivity index (χ2n) is 28.3. The lowest BCUT2D eigenvalue weighted by Crippen LogP contribution is -2.61. The molecule has 2 saturated carbocycles. The molecule has 2 aliphatic carbocycles. The topological polar surface area (TPSA) is 255 Å². The molecule has 22 heteroatoms. The number of likely N-dealkylation sites (tertiary alicyclic amines) is 2. The number of piperidine rings is 2. The quantitative estimate of drug-likeness (QED) is 0.121. The van der Waals surface area contributed by atoms with Crippen molar-refractivity contribution in [2.24, 2.45) is 56.2 Å². The lowest BCUT2D eigenvalue weighted by atomic mass is 9.85. The van der Waals surface area contributed by atoms with E-state index in [0.717, 1.165) is 4.31 Å². The number of rotatable bonds is 14. The van der Waals surface area contributed by atoms with Crippen molar-refractivity contribution in [1.82, 2.24) is 45.3 Å². The summed E-state index contributed by atoms with van der Waals surface area (Å²) in [5.74, 6) is -1.05. The Hall–Kier alpha value is -5.25. The molecule has 2 aliphatic heterocycles. The lowest BCUT2D eigenvalue weighted by Gasteiger charge is -2.38. The molecule has 0 unspecified atom stereocenters. The lowest BCUT2D eigenvalue weighted by molar-refractivity contribution is -0.154. The Labute approximate surface area is 465 Å². The number of fused-ring (bicyclic) bond motifs is 2. The summed E-state index contributed by atoms with van der Waals surface area (Å²) in [6.45, 7) is 37.6. The molecule has 4 fully saturated rings. The van der Waals surface area contributed by atoms with Crippen LogP contribution < -0.4 is 21.3 Å². The maximum absolute atomic E-state index is 13.9. The molecule has 0 spiro atoms. The van der Waals surface area contributed by atoms with Gasteiger partial charge in [-0.15, -0.1) is 0 Å². The van der Waals surface area contributed by atoms with Gasteiger partial charge in [0.25, 0.3) is 10.0 Å². The number of hydrogen-bond acceptors (Lipinski definition) is 13. The number of amides is 7. The Bertz CT molecular complexity index is 2490. The molecule has 2 saturated heterocycles. The number of carbonyl (C=O) groups excluding carboxylic acids is 7. The molecule has 0 aromatic carbocycles. The largest absolute Gasteiger partial charge is 0.467 e. The second-order valence-corrected chi connectivity index (χ2v) is 30.3. The van der Waals surface area contributed by atoms with Crippen LogP contribution in [0.1, 0.15) is 132 Å². The van der Waals surface area contributed by atoms with Gasteiger partial charge in [-0.1, -0.05) is 117 Å². The smallest absolute Gasteiger partial charge is 0.410 e. The number of aromatic nitrogens is 1. The van der Waals surface area contributed by atoms with Gasteiger partial charge in [0, 0.05) is 64.3 Å². The predicted molar refractivity (Wildman–Crippen MR) is 296 cm³/mol. The number of carbonyl (C=O) groups is 7. The standard InChI is InChI=1S/C28H45N5O6S.C28H50N4O6/c1-26(2,3)18(16-32(9)40(37,38)19-13-11-12-14-29-19)30-25(36)31-22(27(4,5)6)23(34)33-15-17-20(28(17,7)8)21(33)24(35)39-10;1-25(2,3)17(15-31(12)24(36)38-27(7,8)9)29-23(35)30-20(26(4,5)6)21(33)32-14-16-18(28(16,10)11)19(32)22(34)37-13/h11-14,17-18,20-22H,15-16H2,1-10H3,(H2,30,31,36);16-20H,14-15H2,1-13H3,(H2,29,30,35)/t17-,18+,20-,21-,22+;16-,17+,18-,19-,20+/m00/s1. The van der Waals surface area contributed by atoms with Crippen molar-refractivity contribution in [3.05, 3.63) is 24.4 Å². The SMILES string of the molecule is COC(=O)[C@@H]1[C@@H]2[C@H](CN1C(=O)[C@@H](NC(=O)N[C@H](CN(C)C(=O)OC(C)(C)C)C(C)(C)C)C(C)(C)C)C2(C)C.COC(=O)[C@@H]1[C@@H]2[C@H](CN1C(=O)[C@@H](NC(=O)N[C@H](CN(C)S(=O)(=O)c1ccccn1)C(C)(C)C)C(C)(C)C)C2(C)C. The van der Waals surface area contributed by atoms with E-state index >= 15 is 0 Å². The van der Waals surface area contributed by atoms with Crippen molar-refractivity contribution in [3.63, 3.8) is 0 Å². The van der Waals surface area contributed by atoms with Crippen LogP contribution in [-0.4, -0.2) is 171 Å². The fourth-order valence-corrected chi connectivity index (χ4v) is 12.0. The summed E-state index contributed by atoms with van der Waals surface area (Å²) in [5, 5.41) is 11.5. The molecule has 442 valence electrons. The molecule has 21 nitrogen and oxygen atoms in total. The minimum Gasteiger partial charge on any atom is -0.467 e. The van der Waals surface area contributed by atoms with E-state index in [1.165, 1.54) is 38.4 Å². The molecule has 7 amide bonds. The minimum atomic E-state index is -3.88. The number of likely N-dealkylation sites (N-methyl/N-ethyl adjacent to an activating group) is 2. The molecule has 5 rings (SSSR count). The van der Waals surface area contributed by atoms with Crippen molar-refractivity contribution in [2.75, 3.05) is 54.5 Å². The van der Waals surface area contributed by atoms with Gasteiger partial charge in [-0.3, -0.25) is 9.59 Å². The first kappa shape index (κ1) is 65.3. The molecule has 0 radical (unpaired) electrons. The molecular weight excluding hydrogens is 1020 g/mol. The maximum Gasteiger partial charge on any atom is 0.410 e. The van der Waals surface area contributed by atoms with Crippen LogP contribution in [0.4, 0.5) is 14.4 Å². The Balaban J connectivity index is 0.000000337. The first-order valence-corrected chi connectivity index (χ1v) is 28.4. The number of nitrogens with one attached hydrogen (secondary N) is 4. The summed E-state index contributed by atoms with van der Waals surface area (Å²) < 4.78 is 42.8. The normalized spacial score (nSPS) is 23.8. The summed E-state index contributed by atoms with van der Waals surface area (Å²) in [4.78, 5) is 101. The van der Waals surface area contributed by atoms with E-state index in [2.05, 4.69) is 53.9 Å². The van der Waals surface area contributed by atoms with Crippen LogP contribution in [0.15, 0.2) is 29.4 Å². The van der Waals surface area contributed by atoms with Crippen LogP contribution in [-0.2, 0) is 43.4 Å². The van der Waals surface area contributed by atoms with Gasteiger partial charge in [0.1, 0.15) is 29.8 Å². The van der Waals surface area contributed by atoms with E-state index in [4.69, 9.17) is 14.2 Å². The second kappa shape index (κ2) is 23.1. The molecular formula is C56H95N9O12S. The van der Waals surface area contributed by atoms with Crippen molar-refractivity contribution >= 4 is 51.9 Å². The molecule has 1 aromatic heterocycles. The zero-order valence-electron chi connectivity index (χ0n) is 51.0. The minimum absolute atomic E-state index is 0.0141. The van der Waals surface area contributed by atoms with Gasteiger partial charge in [0.2, 0.25) is 11.8 Å². The van der Waals surface area contributed by atoms with Crippen LogP contribution in [0.5, 0.6) is 0 Å². The number of sulfonamides is 1. The van der Waals surface area contributed by atoms with Gasteiger partial charge >= 0.3 is 30.1 Å². The number of esters is 2. The summed E-state index contributed by atoms with van der Waals surface area (Å²) in [6, 6.07) is -0.667. The Morgan fingerprint density at radius 2 is 1.01 bits per heavy atom. The van der Waals surface area contributed by atoms with Crippen LogP contribution in [0, 0.1) is 56.2 Å². The summed E-state index contributed by atoms with van der Waals surface area (Å²) in [7, 11) is 1.84. The van der Waals surface area contributed by atoms with E-state index in [-0.39, 0.29) is 64.4 Å². The first-order chi connectivity index (χ1) is 35.3. The van der Waals surface area contributed by atoms with E-state index in [1.54, 1.807) is 49.8 Å². The third-order valence-electron chi connectivity index (χ3n) is 16.3. The van der Waals surface area contributed by atoms with Crippen molar-refractivity contribution < 1.29 is 56.2 Å². The molecule has 0 bridgehead atoms. The van der Waals surface area contributed by atoms with Crippen LogP contribution in [0.25, 0.3) is 0 Å². The predicted octanol–water partition coefficient (Wildman–Crippen LogP) is 6.12. The van der Waals surface area contributed by atoms with Crippen molar-refractivity contribution in [3.8, 4) is 0 Å². The van der Waals surface area contributed by atoms with Gasteiger partial charge in [-0.2, -0.15) is 4.31 Å². The van der Waals surface area contributed by atoms with Crippen LogP contribution >= 0.6 is 0 Å². The number of hydrogen-bond donors (Lipinski definition) is 4. The van der Waals surface area contributed by atoms with E-state index in [9.17, 15) is 42.0 Å². The number of ether oxygens (including phenoxy) is 3. The van der Waals surface area contributed by atoms with E-state index in [0.29, 0.717) is 13.1 Å². The zero-order chi connectivity index (χ0) is 60.0. The van der Waals surface area contributed by atoms with E-state index < -0.39 is 104 Å². The molecule has 1 aromatic rings. The van der Waals surface area contributed by atoms with Gasteiger partial charge < -0.3 is 50.2 Å². The summed E-state index contributed by atoms with van der Waals surface area (Å²) >= 11 is 0. The Kier molecular flexibility index (Phi) is 19.3. The fraction of sp³-hybridized carbons (Fsp3) is 0.786. The average molecular weight is 1120 g/mol. The number of urea groups is 2. The van der Waals surface area contributed by atoms with Gasteiger partial charge in [0.05, 0.1) is 20.3 Å². The van der Waals surface area contributed by atoms with Gasteiger partial charge in [-0.05, 0) is 77.2 Å². The monoisotopic (exact) mass is 1120 g/mol. The third-order valence-corrected chi connectivity index (χ3v) is 18.0. The van der Waals surface area contributed by atoms with Crippen LogP contribution in [0.3, 0.4) is 0 Å². The highest BCUT2D eigenvalue weighted by atomic mass is 32.2. The molecule has 4 aliphatic rings. The highest BCUT2D eigenvalue weighted by molar-refractivity contribution is 7.89. The molecule has 78 heavy (non-hydrogen) atoms. The Morgan fingerprint density at radius 3 is 1.33 bits per heavy atom. The highest BCUT2D eigenvalue weighted by Crippen LogP contribution is 2.66. The molecule has 10 atom stereocenters. The number of pyridine rings is 1. The van der Waals surface area contributed by atoms with Crippen molar-refractivity contribution in [1.29, 1.82) is 0 Å². The summed E-state index contributed by atoms with van der Waals surface area (Å²) in [5.41, 5.74) is -2.94.